The number of rotatable bonds is 8. The molecule has 33 heavy (non-hydrogen) atoms. The smallest absolute Gasteiger partial charge is 0.262 e. The van der Waals surface area contributed by atoms with Gasteiger partial charge in [0.2, 0.25) is 5.91 Å². The van der Waals surface area contributed by atoms with Crippen LogP contribution in [-0.4, -0.2) is 26.8 Å². The van der Waals surface area contributed by atoms with Crippen molar-refractivity contribution in [2.75, 3.05) is 22.0 Å². The first kappa shape index (κ1) is 23.7. The summed E-state index contributed by atoms with van der Waals surface area (Å²) in [7, 11) is -3.89. The molecule has 0 radical (unpaired) electrons. The molecule has 0 aromatic heterocycles. The van der Waals surface area contributed by atoms with E-state index in [4.69, 9.17) is 4.74 Å². The lowest BCUT2D eigenvalue weighted by Gasteiger charge is -2.13. The van der Waals surface area contributed by atoms with Gasteiger partial charge < -0.3 is 15.4 Å². The van der Waals surface area contributed by atoms with E-state index in [1.165, 1.54) is 37.3 Å². The molecule has 10 heteroatoms. The zero-order chi connectivity index (χ0) is 24.0. The Labute approximate surface area is 190 Å². The van der Waals surface area contributed by atoms with Gasteiger partial charge in [-0.25, -0.2) is 12.8 Å². The SMILES string of the molecule is CC(=O)Nc1cccc(NC(=O)COc2ccc(S(=O)(=O)Nc3ccc(F)cc3)cc2C)c1. The molecule has 0 aliphatic rings. The fourth-order valence-corrected chi connectivity index (χ4v) is 4.04. The van der Waals surface area contributed by atoms with Crippen LogP contribution in [0.4, 0.5) is 21.5 Å². The van der Waals surface area contributed by atoms with E-state index in [1.54, 1.807) is 31.2 Å². The monoisotopic (exact) mass is 471 g/mol. The summed E-state index contributed by atoms with van der Waals surface area (Å²) in [6.45, 7) is 2.74. The molecule has 0 spiro atoms. The molecule has 3 aromatic rings. The molecule has 3 aromatic carbocycles. The van der Waals surface area contributed by atoms with Crippen molar-refractivity contribution in [1.82, 2.24) is 0 Å². The maximum absolute atomic E-state index is 13.0. The average Bonchev–Trinajstić information content (AvgIpc) is 2.74. The first-order chi connectivity index (χ1) is 15.6. The molecule has 0 saturated heterocycles. The molecule has 0 aliphatic heterocycles. The van der Waals surface area contributed by atoms with Crippen molar-refractivity contribution < 1.29 is 27.1 Å². The van der Waals surface area contributed by atoms with Crippen molar-refractivity contribution >= 4 is 38.9 Å². The highest BCUT2D eigenvalue weighted by Gasteiger charge is 2.16. The Morgan fingerprint density at radius 2 is 1.58 bits per heavy atom. The quantitative estimate of drug-likeness (QED) is 0.461. The summed E-state index contributed by atoms with van der Waals surface area (Å²) in [4.78, 5) is 23.4. The highest BCUT2D eigenvalue weighted by atomic mass is 32.2. The highest BCUT2D eigenvalue weighted by molar-refractivity contribution is 7.92. The minimum absolute atomic E-state index is 0.00378. The Morgan fingerprint density at radius 1 is 0.909 bits per heavy atom. The van der Waals surface area contributed by atoms with Gasteiger partial charge in [-0.3, -0.25) is 14.3 Å². The standard InChI is InChI=1S/C23H22FN3O5S/c1-15-12-21(33(30,31)27-18-8-6-17(24)7-9-18)10-11-22(15)32-14-23(29)26-20-5-3-4-19(13-20)25-16(2)28/h3-13,27H,14H2,1-2H3,(H,25,28)(H,26,29). The van der Waals surface area contributed by atoms with Gasteiger partial charge in [0.1, 0.15) is 11.6 Å². The largest absolute Gasteiger partial charge is 0.483 e. The van der Waals surface area contributed by atoms with Gasteiger partial charge in [0.25, 0.3) is 15.9 Å². The summed E-state index contributed by atoms with van der Waals surface area (Å²) in [6, 6.07) is 15.8. The third-order valence-corrected chi connectivity index (χ3v) is 5.76. The molecular formula is C23H22FN3O5S. The molecule has 172 valence electrons. The second-order valence-electron chi connectivity index (χ2n) is 7.14. The van der Waals surface area contributed by atoms with Crippen LogP contribution in [0.25, 0.3) is 0 Å². The average molecular weight is 472 g/mol. The molecule has 3 N–H and O–H groups in total. The summed E-state index contributed by atoms with van der Waals surface area (Å²) < 4.78 is 46.1. The van der Waals surface area contributed by atoms with Gasteiger partial charge in [-0.1, -0.05) is 6.07 Å². The number of carbonyl (C=O) groups excluding carboxylic acids is 2. The summed E-state index contributed by atoms with van der Waals surface area (Å²) in [6.07, 6.45) is 0. The number of aryl methyl sites for hydroxylation is 1. The number of sulfonamides is 1. The molecule has 0 bridgehead atoms. The maximum atomic E-state index is 13.0. The van der Waals surface area contributed by atoms with Crippen LogP contribution in [0.15, 0.2) is 71.6 Å². The van der Waals surface area contributed by atoms with Crippen LogP contribution in [0.5, 0.6) is 5.75 Å². The van der Waals surface area contributed by atoms with Gasteiger partial charge in [-0.05, 0) is 73.2 Å². The van der Waals surface area contributed by atoms with E-state index in [0.717, 1.165) is 12.1 Å². The van der Waals surface area contributed by atoms with E-state index in [2.05, 4.69) is 15.4 Å². The Bertz CT molecular complexity index is 1280. The van der Waals surface area contributed by atoms with Gasteiger partial charge in [-0.2, -0.15) is 0 Å². The van der Waals surface area contributed by atoms with Crippen molar-refractivity contribution in [2.45, 2.75) is 18.7 Å². The molecule has 0 saturated carbocycles. The first-order valence-electron chi connectivity index (χ1n) is 9.82. The number of benzene rings is 3. The van der Waals surface area contributed by atoms with Crippen LogP contribution in [0, 0.1) is 12.7 Å². The number of hydrogen-bond donors (Lipinski definition) is 3. The van der Waals surface area contributed by atoms with Gasteiger partial charge in [-0.15, -0.1) is 0 Å². The molecule has 2 amide bonds. The number of amides is 2. The molecule has 0 aliphatic carbocycles. The van der Waals surface area contributed by atoms with Crippen LogP contribution in [-0.2, 0) is 19.6 Å². The Morgan fingerprint density at radius 3 is 2.21 bits per heavy atom. The van der Waals surface area contributed by atoms with Gasteiger partial charge in [0, 0.05) is 24.0 Å². The van der Waals surface area contributed by atoms with Gasteiger partial charge >= 0.3 is 0 Å². The van der Waals surface area contributed by atoms with Gasteiger partial charge in [0.05, 0.1) is 4.90 Å². The molecule has 0 unspecified atom stereocenters. The fraction of sp³-hybridized carbons (Fsp3) is 0.130. The van der Waals surface area contributed by atoms with Crippen molar-refractivity contribution in [2.24, 2.45) is 0 Å². The number of halogens is 1. The number of anilines is 3. The lowest BCUT2D eigenvalue weighted by Crippen LogP contribution is -2.20. The Hall–Kier alpha value is -3.92. The van der Waals surface area contributed by atoms with E-state index >= 15 is 0 Å². The molecule has 0 atom stereocenters. The lowest BCUT2D eigenvalue weighted by molar-refractivity contribution is -0.118. The predicted octanol–water partition coefficient (Wildman–Crippen LogP) is 3.91. The van der Waals surface area contributed by atoms with Crippen LogP contribution in [0.1, 0.15) is 12.5 Å². The predicted molar refractivity (Wildman–Crippen MR) is 123 cm³/mol. The normalized spacial score (nSPS) is 10.9. The summed E-state index contributed by atoms with van der Waals surface area (Å²) in [5, 5.41) is 5.29. The topological polar surface area (TPSA) is 114 Å². The number of carbonyl (C=O) groups is 2. The third-order valence-electron chi connectivity index (χ3n) is 4.38. The van der Waals surface area contributed by atoms with Gasteiger partial charge in [0.15, 0.2) is 6.61 Å². The van der Waals surface area contributed by atoms with Crippen molar-refractivity contribution in [3.63, 3.8) is 0 Å². The van der Waals surface area contributed by atoms with Crippen LogP contribution in [0.2, 0.25) is 0 Å². The number of nitrogens with one attached hydrogen (secondary N) is 3. The summed E-state index contributed by atoms with van der Waals surface area (Å²) in [5.41, 5.74) is 1.77. The highest BCUT2D eigenvalue weighted by Crippen LogP contribution is 2.24. The van der Waals surface area contributed by atoms with E-state index < -0.39 is 21.7 Å². The second-order valence-corrected chi connectivity index (χ2v) is 8.82. The third kappa shape index (κ3) is 6.78. The molecule has 0 heterocycles. The summed E-state index contributed by atoms with van der Waals surface area (Å²) in [5.74, 6) is -0.780. The Kier molecular flexibility index (Phi) is 7.29. The zero-order valence-electron chi connectivity index (χ0n) is 17.9. The van der Waals surface area contributed by atoms with Crippen LogP contribution < -0.4 is 20.1 Å². The van der Waals surface area contributed by atoms with E-state index in [1.807, 2.05) is 0 Å². The van der Waals surface area contributed by atoms with Crippen molar-refractivity contribution in [1.29, 1.82) is 0 Å². The zero-order valence-corrected chi connectivity index (χ0v) is 18.7. The number of hydrogen-bond acceptors (Lipinski definition) is 5. The van der Waals surface area contributed by atoms with Crippen LogP contribution >= 0.6 is 0 Å². The Balaban J connectivity index is 1.61. The molecule has 3 rings (SSSR count). The molecule has 8 nitrogen and oxygen atoms in total. The summed E-state index contributed by atoms with van der Waals surface area (Å²) >= 11 is 0. The molecule has 0 fully saturated rings. The lowest BCUT2D eigenvalue weighted by atomic mass is 10.2. The van der Waals surface area contributed by atoms with E-state index in [0.29, 0.717) is 22.7 Å². The second kappa shape index (κ2) is 10.1. The van der Waals surface area contributed by atoms with Crippen molar-refractivity contribution in [3.8, 4) is 5.75 Å². The minimum Gasteiger partial charge on any atom is -0.483 e. The number of ether oxygens (including phenoxy) is 1. The molecular weight excluding hydrogens is 449 g/mol. The van der Waals surface area contributed by atoms with E-state index in [9.17, 15) is 22.4 Å². The van der Waals surface area contributed by atoms with E-state index in [-0.39, 0.29) is 23.1 Å². The first-order valence-corrected chi connectivity index (χ1v) is 11.3. The maximum Gasteiger partial charge on any atom is 0.262 e. The fourth-order valence-electron chi connectivity index (χ4n) is 2.90. The minimum atomic E-state index is -3.89. The van der Waals surface area contributed by atoms with Crippen LogP contribution in [0.3, 0.4) is 0 Å². The van der Waals surface area contributed by atoms with Crippen molar-refractivity contribution in [3.05, 3.63) is 78.1 Å².